The minimum absolute atomic E-state index is 0.152. The number of thiophene rings is 1. The highest BCUT2D eigenvalue weighted by Crippen LogP contribution is 2.26. The molecule has 0 saturated heterocycles. The fourth-order valence-corrected chi connectivity index (χ4v) is 3.11. The molecule has 5 nitrogen and oxygen atoms in total. The Bertz CT molecular complexity index is 597. The van der Waals surface area contributed by atoms with Crippen molar-refractivity contribution >= 4 is 17.2 Å². The molecular weight excluding hydrogens is 288 g/mol. The molecule has 0 aromatic carbocycles. The first kappa shape index (κ1) is 15.7. The highest BCUT2D eigenvalue weighted by Gasteiger charge is 2.28. The smallest absolute Gasteiger partial charge is 0.227 e. The molecule has 0 saturated carbocycles. The average Bonchev–Trinajstić information content (AvgIpc) is 3.06. The number of aliphatic hydroxyl groups is 1. The molecule has 2 heterocycles. The third-order valence-corrected chi connectivity index (χ3v) is 4.70. The maximum absolute atomic E-state index is 12.3. The minimum atomic E-state index is -1.07. The topological polar surface area (TPSA) is 75.4 Å². The lowest BCUT2D eigenvalue weighted by atomic mass is 9.98. The maximum atomic E-state index is 12.3. The fraction of sp³-hybridized carbons (Fsp3) is 0.467. The standard InChI is InChI=1S/C15H20N2O3S/c1-9(13-10(2)17-20-11(13)3)14(18)16-8-15(4,19)12-6-5-7-21-12/h5-7,9,19H,8H2,1-4H3,(H,16,18). The molecule has 21 heavy (non-hydrogen) atoms. The summed E-state index contributed by atoms with van der Waals surface area (Å²) in [5, 5.41) is 19.0. The first-order chi connectivity index (χ1) is 9.83. The van der Waals surface area contributed by atoms with Crippen LogP contribution in [0.4, 0.5) is 0 Å². The molecule has 0 bridgehead atoms. The first-order valence-corrected chi connectivity index (χ1v) is 7.67. The van der Waals surface area contributed by atoms with Gasteiger partial charge in [-0.2, -0.15) is 0 Å². The molecule has 6 heteroatoms. The van der Waals surface area contributed by atoms with E-state index in [-0.39, 0.29) is 18.4 Å². The SMILES string of the molecule is Cc1noc(C)c1C(C)C(=O)NCC(C)(O)c1cccs1. The van der Waals surface area contributed by atoms with E-state index in [0.29, 0.717) is 5.76 Å². The molecule has 2 rings (SSSR count). The van der Waals surface area contributed by atoms with Gasteiger partial charge in [0.2, 0.25) is 5.91 Å². The Labute approximate surface area is 128 Å². The monoisotopic (exact) mass is 308 g/mol. The van der Waals surface area contributed by atoms with Crippen LogP contribution < -0.4 is 5.32 Å². The number of nitrogens with one attached hydrogen (secondary N) is 1. The van der Waals surface area contributed by atoms with Gasteiger partial charge in [-0.05, 0) is 39.1 Å². The summed E-state index contributed by atoms with van der Waals surface area (Å²) in [6, 6.07) is 3.73. The number of rotatable bonds is 5. The number of aromatic nitrogens is 1. The second kappa shape index (κ2) is 5.99. The molecule has 2 atom stereocenters. The summed E-state index contributed by atoms with van der Waals surface area (Å²) in [6.07, 6.45) is 0. The first-order valence-electron chi connectivity index (χ1n) is 6.80. The zero-order valence-corrected chi connectivity index (χ0v) is 13.5. The zero-order valence-electron chi connectivity index (χ0n) is 12.6. The summed E-state index contributed by atoms with van der Waals surface area (Å²) in [4.78, 5) is 13.1. The summed E-state index contributed by atoms with van der Waals surface area (Å²) in [6.45, 7) is 7.28. The summed E-state index contributed by atoms with van der Waals surface area (Å²) in [5.41, 5.74) is 0.464. The van der Waals surface area contributed by atoms with Crippen molar-refractivity contribution < 1.29 is 14.4 Å². The molecule has 2 unspecified atom stereocenters. The van der Waals surface area contributed by atoms with Crippen LogP contribution in [-0.4, -0.2) is 22.7 Å². The van der Waals surface area contributed by atoms with E-state index in [4.69, 9.17) is 4.52 Å². The van der Waals surface area contributed by atoms with E-state index in [1.165, 1.54) is 11.3 Å². The number of hydrogen-bond acceptors (Lipinski definition) is 5. The van der Waals surface area contributed by atoms with E-state index in [2.05, 4.69) is 10.5 Å². The van der Waals surface area contributed by atoms with Crippen molar-refractivity contribution in [3.63, 3.8) is 0 Å². The van der Waals surface area contributed by atoms with Gasteiger partial charge >= 0.3 is 0 Å². The molecule has 2 aromatic rings. The van der Waals surface area contributed by atoms with Crippen molar-refractivity contribution in [1.82, 2.24) is 10.5 Å². The van der Waals surface area contributed by atoms with Gasteiger partial charge in [0.25, 0.3) is 0 Å². The van der Waals surface area contributed by atoms with Crippen LogP contribution in [0.15, 0.2) is 22.0 Å². The lowest BCUT2D eigenvalue weighted by molar-refractivity contribution is -0.123. The average molecular weight is 308 g/mol. The van der Waals surface area contributed by atoms with Crippen LogP contribution in [0.3, 0.4) is 0 Å². The Kier molecular flexibility index (Phi) is 4.49. The third-order valence-electron chi connectivity index (χ3n) is 3.57. The molecule has 0 spiro atoms. The van der Waals surface area contributed by atoms with Gasteiger partial charge in [-0.25, -0.2) is 0 Å². The van der Waals surface area contributed by atoms with Gasteiger partial charge in [0.1, 0.15) is 11.4 Å². The largest absolute Gasteiger partial charge is 0.383 e. The van der Waals surface area contributed by atoms with Gasteiger partial charge in [-0.1, -0.05) is 11.2 Å². The Balaban J connectivity index is 2.02. The normalized spacial score (nSPS) is 15.5. The van der Waals surface area contributed by atoms with E-state index in [1.807, 2.05) is 31.4 Å². The van der Waals surface area contributed by atoms with Gasteiger partial charge in [0, 0.05) is 10.4 Å². The molecule has 1 amide bonds. The van der Waals surface area contributed by atoms with Crippen LogP contribution in [0.5, 0.6) is 0 Å². The van der Waals surface area contributed by atoms with Crippen molar-refractivity contribution in [2.24, 2.45) is 0 Å². The Hall–Kier alpha value is -1.66. The van der Waals surface area contributed by atoms with Crippen LogP contribution in [0.1, 0.15) is 41.7 Å². The highest BCUT2D eigenvalue weighted by atomic mass is 32.1. The molecule has 0 aliphatic carbocycles. The van der Waals surface area contributed by atoms with E-state index >= 15 is 0 Å². The number of amides is 1. The van der Waals surface area contributed by atoms with Crippen LogP contribution in [0, 0.1) is 13.8 Å². The van der Waals surface area contributed by atoms with Crippen molar-refractivity contribution in [2.45, 2.75) is 39.2 Å². The lowest BCUT2D eigenvalue weighted by Gasteiger charge is -2.23. The summed E-state index contributed by atoms with van der Waals surface area (Å²) < 4.78 is 5.09. The van der Waals surface area contributed by atoms with Crippen LogP contribution in [-0.2, 0) is 10.4 Å². The highest BCUT2D eigenvalue weighted by molar-refractivity contribution is 7.10. The van der Waals surface area contributed by atoms with Crippen LogP contribution >= 0.6 is 11.3 Å². The maximum Gasteiger partial charge on any atom is 0.227 e. The number of carbonyl (C=O) groups is 1. The van der Waals surface area contributed by atoms with Gasteiger partial charge in [-0.3, -0.25) is 4.79 Å². The van der Waals surface area contributed by atoms with Gasteiger partial charge < -0.3 is 14.9 Å². The molecule has 0 aliphatic rings. The predicted molar refractivity (Wildman–Crippen MR) is 81.3 cm³/mol. The number of aryl methyl sites for hydroxylation is 2. The number of hydrogen-bond donors (Lipinski definition) is 2. The Morgan fingerprint density at radius 2 is 2.29 bits per heavy atom. The number of carbonyl (C=O) groups excluding carboxylic acids is 1. The van der Waals surface area contributed by atoms with Crippen molar-refractivity contribution in [1.29, 1.82) is 0 Å². The second-order valence-electron chi connectivity index (χ2n) is 5.43. The fourth-order valence-electron chi connectivity index (χ4n) is 2.32. The van der Waals surface area contributed by atoms with E-state index in [9.17, 15) is 9.90 Å². The lowest BCUT2D eigenvalue weighted by Crippen LogP contribution is -2.39. The molecule has 0 radical (unpaired) electrons. The van der Waals surface area contributed by atoms with E-state index in [1.54, 1.807) is 13.8 Å². The van der Waals surface area contributed by atoms with E-state index in [0.717, 1.165) is 16.1 Å². The van der Waals surface area contributed by atoms with Crippen molar-refractivity contribution in [3.8, 4) is 0 Å². The molecule has 114 valence electrons. The summed E-state index contributed by atoms with van der Waals surface area (Å²) in [5.74, 6) is 0.136. The number of nitrogens with zero attached hydrogens (tertiary/aromatic N) is 1. The summed E-state index contributed by atoms with van der Waals surface area (Å²) >= 11 is 1.47. The van der Waals surface area contributed by atoms with Gasteiger partial charge in [-0.15, -0.1) is 11.3 Å². The molecule has 2 N–H and O–H groups in total. The van der Waals surface area contributed by atoms with Crippen LogP contribution in [0.25, 0.3) is 0 Å². The van der Waals surface area contributed by atoms with Crippen LogP contribution in [0.2, 0.25) is 0 Å². The summed E-state index contributed by atoms with van der Waals surface area (Å²) in [7, 11) is 0. The van der Waals surface area contributed by atoms with Gasteiger partial charge in [0.15, 0.2) is 0 Å². The molecule has 0 aliphatic heterocycles. The quantitative estimate of drug-likeness (QED) is 0.890. The van der Waals surface area contributed by atoms with Crippen molar-refractivity contribution in [2.75, 3.05) is 6.54 Å². The zero-order chi connectivity index (χ0) is 15.6. The van der Waals surface area contributed by atoms with Crippen molar-refractivity contribution in [3.05, 3.63) is 39.4 Å². The molecule has 0 fully saturated rings. The Morgan fingerprint density at radius 3 is 2.81 bits per heavy atom. The second-order valence-corrected chi connectivity index (χ2v) is 6.38. The predicted octanol–water partition coefficient (Wildman–Crippen LogP) is 2.48. The molecular formula is C15H20N2O3S. The minimum Gasteiger partial charge on any atom is -0.383 e. The Morgan fingerprint density at radius 1 is 1.57 bits per heavy atom. The van der Waals surface area contributed by atoms with E-state index < -0.39 is 5.60 Å². The molecule has 2 aromatic heterocycles. The van der Waals surface area contributed by atoms with Gasteiger partial charge in [0.05, 0.1) is 18.2 Å². The third kappa shape index (κ3) is 3.33.